The molecular weight excluding hydrogens is 246 g/mol. The van der Waals surface area contributed by atoms with Crippen LogP contribution in [0.1, 0.15) is 44.7 Å². The molecule has 0 atom stereocenters. The predicted octanol–water partition coefficient (Wildman–Crippen LogP) is 1.19. The zero-order chi connectivity index (χ0) is 13.3. The molecule has 1 N–H and O–H groups in total. The van der Waals surface area contributed by atoms with Crippen LogP contribution in [-0.4, -0.2) is 39.1 Å². The first-order valence-corrected chi connectivity index (χ1v) is 7.07. The van der Waals surface area contributed by atoms with Gasteiger partial charge in [-0.3, -0.25) is 0 Å². The lowest BCUT2D eigenvalue weighted by atomic mass is 9.79. The van der Waals surface area contributed by atoms with Crippen LogP contribution in [0.15, 0.2) is 6.20 Å². The van der Waals surface area contributed by atoms with E-state index in [0.717, 1.165) is 31.5 Å². The van der Waals surface area contributed by atoms with E-state index in [1.807, 2.05) is 4.68 Å². The monoisotopic (exact) mass is 267 g/mol. The van der Waals surface area contributed by atoms with Crippen LogP contribution in [0.25, 0.3) is 0 Å². The summed E-state index contributed by atoms with van der Waals surface area (Å²) in [7, 11) is 0. The SMILES string of the molecule is CCCn1nncc1C1(O)CCC2(CC1)OCCO2. The third-order valence-electron chi connectivity index (χ3n) is 4.18. The number of hydrogen-bond acceptors (Lipinski definition) is 5. The normalized spacial score (nSPS) is 24.9. The second kappa shape index (κ2) is 4.85. The van der Waals surface area contributed by atoms with Gasteiger partial charge in [-0.15, -0.1) is 5.10 Å². The fourth-order valence-electron chi connectivity index (χ4n) is 3.08. The Morgan fingerprint density at radius 3 is 2.58 bits per heavy atom. The van der Waals surface area contributed by atoms with E-state index in [4.69, 9.17) is 9.47 Å². The molecule has 1 aliphatic heterocycles. The van der Waals surface area contributed by atoms with Gasteiger partial charge in [-0.2, -0.15) is 0 Å². The van der Waals surface area contributed by atoms with Gasteiger partial charge in [0.05, 0.1) is 25.1 Å². The molecule has 1 spiro atoms. The largest absolute Gasteiger partial charge is 0.384 e. The van der Waals surface area contributed by atoms with Crippen molar-refractivity contribution in [1.82, 2.24) is 15.0 Å². The molecule has 3 rings (SSSR count). The van der Waals surface area contributed by atoms with Crippen molar-refractivity contribution >= 4 is 0 Å². The summed E-state index contributed by atoms with van der Waals surface area (Å²) in [6.07, 6.45) is 5.36. The molecule has 1 aromatic heterocycles. The van der Waals surface area contributed by atoms with Crippen LogP contribution in [0.2, 0.25) is 0 Å². The average Bonchev–Trinajstić information content (AvgIpc) is 3.04. The average molecular weight is 267 g/mol. The number of aryl methyl sites for hydroxylation is 1. The first-order chi connectivity index (χ1) is 9.18. The van der Waals surface area contributed by atoms with E-state index in [1.165, 1.54) is 0 Å². The van der Waals surface area contributed by atoms with Crippen LogP contribution < -0.4 is 0 Å². The molecule has 6 nitrogen and oxygen atoms in total. The van der Waals surface area contributed by atoms with Crippen LogP contribution in [-0.2, 0) is 21.6 Å². The summed E-state index contributed by atoms with van der Waals surface area (Å²) in [5.74, 6) is -0.449. The summed E-state index contributed by atoms with van der Waals surface area (Å²) in [6.45, 7) is 4.20. The third kappa shape index (κ3) is 2.28. The fourth-order valence-corrected chi connectivity index (χ4v) is 3.08. The van der Waals surface area contributed by atoms with Crippen molar-refractivity contribution in [2.24, 2.45) is 0 Å². The van der Waals surface area contributed by atoms with E-state index in [0.29, 0.717) is 26.1 Å². The number of ether oxygens (including phenoxy) is 2. The zero-order valence-electron chi connectivity index (χ0n) is 11.3. The summed E-state index contributed by atoms with van der Waals surface area (Å²) >= 11 is 0. The smallest absolute Gasteiger partial charge is 0.168 e. The van der Waals surface area contributed by atoms with Gasteiger partial charge in [-0.25, -0.2) is 4.68 Å². The van der Waals surface area contributed by atoms with Gasteiger partial charge in [0.15, 0.2) is 5.79 Å². The van der Waals surface area contributed by atoms with Gasteiger partial charge in [-0.1, -0.05) is 12.1 Å². The highest BCUT2D eigenvalue weighted by molar-refractivity contribution is 5.11. The number of rotatable bonds is 3. The molecule has 0 unspecified atom stereocenters. The van der Waals surface area contributed by atoms with Crippen molar-refractivity contribution in [3.05, 3.63) is 11.9 Å². The Morgan fingerprint density at radius 1 is 1.26 bits per heavy atom. The van der Waals surface area contributed by atoms with Crippen molar-refractivity contribution in [2.45, 2.75) is 57.0 Å². The molecule has 2 fully saturated rings. The lowest BCUT2D eigenvalue weighted by Gasteiger charge is -2.40. The summed E-state index contributed by atoms with van der Waals surface area (Å²) in [4.78, 5) is 0. The predicted molar refractivity (Wildman–Crippen MR) is 67.3 cm³/mol. The Kier molecular flexibility index (Phi) is 3.32. The topological polar surface area (TPSA) is 69.4 Å². The lowest BCUT2D eigenvalue weighted by molar-refractivity contribution is -0.205. The van der Waals surface area contributed by atoms with E-state index >= 15 is 0 Å². The maximum absolute atomic E-state index is 10.9. The van der Waals surface area contributed by atoms with E-state index in [1.54, 1.807) is 6.20 Å². The summed E-state index contributed by atoms with van der Waals surface area (Å²) < 4.78 is 13.2. The van der Waals surface area contributed by atoms with Gasteiger partial charge in [0.25, 0.3) is 0 Å². The summed E-state index contributed by atoms with van der Waals surface area (Å²) in [6, 6.07) is 0. The molecule has 2 aliphatic rings. The Balaban J connectivity index is 1.75. The van der Waals surface area contributed by atoms with Gasteiger partial charge >= 0.3 is 0 Å². The van der Waals surface area contributed by atoms with Crippen molar-refractivity contribution in [1.29, 1.82) is 0 Å². The van der Waals surface area contributed by atoms with Gasteiger partial charge in [0.1, 0.15) is 5.60 Å². The van der Waals surface area contributed by atoms with Gasteiger partial charge in [0, 0.05) is 19.4 Å². The maximum atomic E-state index is 10.9. The Labute approximate surface area is 112 Å². The minimum Gasteiger partial charge on any atom is -0.384 e. The molecule has 1 aromatic rings. The molecule has 1 saturated carbocycles. The number of nitrogens with zero attached hydrogens (tertiary/aromatic N) is 3. The number of hydrogen-bond donors (Lipinski definition) is 1. The fraction of sp³-hybridized carbons (Fsp3) is 0.846. The first-order valence-electron chi connectivity index (χ1n) is 7.07. The Bertz CT molecular complexity index is 430. The van der Waals surface area contributed by atoms with E-state index < -0.39 is 11.4 Å². The van der Waals surface area contributed by atoms with Crippen molar-refractivity contribution < 1.29 is 14.6 Å². The van der Waals surface area contributed by atoms with Gasteiger partial charge in [-0.05, 0) is 19.3 Å². The maximum Gasteiger partial charge on any atom is 0.168 e. The minimum atomic E-state index is -0.848. The highest BCUT2D eigenvalue weighted by Gasteiger charge is 2.47. The number of aromatic nitrogens is 3. The molecule has 0 aromatic carbocycles. The number of aliphatic hydroxyl groups is 1. The van der Waals surface area contributed by atoms with E-state index in [-0.39, 0.29) is 0 Å². The van der Waals surface area contributed by atoms with Crippen molar-refractivity contribution in [2.75, 3.05) is 13.2 Å². The van der Waals surface area contributed by atoms with Crippen LogP contribution in [0.4, 0.5) is 0 Å². The van der Waals surface area contributed by atoms with Crippen LogP contribution in [0, 0.1) is 0 Å². The molecule has 1 saturated heterocycles. The highest BCUT2D eigenvalue weighted by Crippen LogP contribution is 2.44. The lowest BCUT2D eigenvalue weighted by Crippen LogP contribution is -2.43. The van der Waals surface area contributed by atoms with E-state index in [2.05, 4.69) is 17.2 Å². The molecular formula is C13H21N3O3. The second-order valence-corrected chi connectivity index (χ2v) is 5.48. The molecule has 19 heavy (non-hydrogen) atoms. The molecule has 2 heterocycles. The molecule has 1 aliphatic carbocycles. The molecule has 0 radical (unpaired) electrons. The Hall–Kier alpha value is -0.980. The van der Waals surface area contributed by atoms with Crippen molar-refractivity contribution in [3.8, 4) is 0 Å². The molecule has 0 bridgehead atoms. The highest BCUT2D eigenvalue weighted by atomic mass is 16.7. The van der Waals surface area contributed by atoms with E-state index in [9.17, 15) is 5.11 Å². The molecule has 106 valence electrons. The standard InChI is InChI=1S/C13H21N3O3/c1-2-7-16-11(10-14-15-16)12(17)3-5-13(6-4-12)18-8-9-19-13/h10,17H,2-9H2,1H3. The van der Waals surface area contributed by atoms with Gasteiger partial charge < -0.3 is 14.6 Å². The second-order valence-electron chi connectivity index (χ2n) is 5.48. The van der Waals surface area contributed by atoms with Crippen LogP contribution >= 0.6 is 0 Å². The van der Waals surface area contributed by atoms with Crippen molar-refractivity contribution in [3.63, 3.8) is 0 Å². The van der Waals surface area contributed by atoms with Gasteiger partial charge in [0.2, 0.25) is 0 Å². The zero-order valence-corrected chi connectivity index (χ0v) is 11.3. The molecule has 6 heteroatoms. The minimum absolute atomic E-state index is 0.449. The summed E-state index contributed by atoms with van der Waals surface area (Å²) in [5.41, 5.74) is -0.0265. The first kappa shape index (κ1) is 13.0. The summed E-state index contributed by atoms with van der Waals surface area (Å²) in [5, 5.41) is 18.9. The quantitative estimate of drug-likeness (QED) is 0.891. The third-order valence-corrected chi connectivity index (χ3v) is 4.18. The molecule has 0 amide bonds. The Morgan fingerprint density at radius 2 is 1.95 bits per heavy atom. The van der Waals surface area contributed by atoms with Crippen LogP contribution in [0.3, 0.4) is 0 Å². The van der Waals surface area contributed by atoms with Crippen LogP contribution in [0.5, 0.6) is 0 Å².